The number of hydrogen-bond donors (Lipinski definition) is 1. The molecule has 2 N–H and O–H groups in total. The summed E-state index contributed by atoms with van der Waals surface area (Å²) in [6.07, 6.45) is 7.44. The number of rotatable bonds is 2. The van der Waals surface area contributed by atoms with E-state index in [9.17, 15) is 4.79 Å². The SMILES string of the molecule is C=Cc1cnc(N)c2c(C#Cc3ccc4ccnn4c3)nn([C@H]3CCN(C(=O)OC(C)(C)C)C3)c12. The molecular weight excluding hydrogens is 442 g/mol. The summed E-state index contributed by atoms with van der Waals surface area (Å²) in [7, 11) is 0. The highest BCUT2D eigenvalue weighted by Gasteiger charge is 2.33. The average molecular weight is 470 g/mol. The number of hydrogen-bond acceptors (Lipinski definition) is 6. The van der Waals surface area contributed by atoms with Gasteiger partial charge in [0.25, 0.3) is 0 Å². The van der Waals surface area contributed by atoms with E-state index in [1.807, 2.05) is 49.8 Å². The van der Waals surface area contributed by atoms with Crippen LogP contribution in [0.2, 0.25) is 0 Å². The molecule has 1 atom stereocenters. The molecule has 0 bridgehead atoms. The van der Waals surface area contributed by atoms with Gasteiger partial charge in [-0.3, -0.25) is 4.68 Å². The van der Waals surface area contributed by atoms with Crippen molar-refractivity contribution >= 4 is 34.4 Å². The smallest absolute Gasteiger partial charge is 0.410 e. The van der Waals surface area contributed by atoms with Crippen molar-refractivity contribution in [1.29, 1.82) is 0 Å². The fraction of sp³-hybridized carbons (Fsp3) is 0.308. The third kappa shape index (κ3) is 4.30. The van der Waals surface area contributed by atoms with Gasteiger partial charge >= 0.3 is 6.09 Å². The molecule has 0 aliphatic carbocycles. The summed E-state index contributed by atoms with van der Waals surface area (Å²) in [5.74, 6) is 6.71. The lowest BCUT2D eigenvalue weighted by Gasteiger charge is -2.24. The molecule has 0 saturated carbocycles. The average Bonchev–Trinajstić information content (AvgIpc) is 3.54. The highest BCUT2D eigenvalue weighted by atomic mass is 16.6. The number of carbonyl (C=O) groups excluding carboxylic acids is 1. The highest BCUT2D eigenvalue weighted by Crippen LogP contribution is 2.32. The molecule has 0 unspecified atom stereocenters. The minimum absolute atomic E-state index is 0.0542. The van der Waals surface area contributed by atoms with Crippen molar-refractivity contribution in [3.8, 4) is 11.8 Å². The topological polar surface area (TPSA) is 104 Å². The fourth-order valence-electron chi connectivity index (χ4n) is 4.27. The van der Waals surface area contributed by atoms with E-state index in [4.69, 9.17) is 15.6 Å². The quantitative estimate of drug-likeness (QED) is 0.447. The lowest BCUT2D eigenvalue weighted by molar-refractivity contribution is 0.0288. The van der Waals surface area contributed by atoms with Crippen LogP contribution in [0.4, 0.5) is 10.6 Å². The van der Waals surface area contributed by atoms with Crippen molar-refractivity contribution in [2.24, 2.45) is 0 Å². The third-order valence-electron chi connectivity index (χ3n) is 5.88. The molecule has 35 heavy (non-hydrogen) atoms. The molecule has 0 aromatic carbocycles. The summed E-state index contributed by atoms with van der Waals surface area (Å²) in [6, 6.07) is 5.78. The van der Waals surface area contributed by atoms with Crippen LogP contribution in [0.5, 0.6) is 0 Å². The van der Waals surface area contributed by atoms with Crippen LogP contribution >= 0.6 is 0 Å². The van der Waals surface area contributed by atoms with Gasteiger partial charge in [0.05, 0.1) is 22.5 Å². The van der Waals surface area contributed by atoms with Gasteiger partial charge in [-0.05, 0) is 51.3 Å². The number of ether oxygens (including phenoxy) is 1. The molecule has 1 saturated heterocycles. The normalized spacial score (nSPS) is 15.9. The number of nitrogen functional groups attached to an aromatic ring is 1. The highest BCUT2D eigenvalue weighted by molar-refractivity contribution is 5.98. The Hall–Kier alpha value is -4.32. The lowest BCUT2D eigenvalue weighted by Crippen LogP contribution is -2.35. The first kappa shape index (κ1) is 22.5. The molecule has 1 aliphatic heterocycles. The standard InChI is InChI=1S/C26H27N7O2/c1-5-18-14-28-24(27)22-21(9-7-17-6-8-19-10-12-29-32(19)15-17)30-33(23(18)22)20-11-13-31(16-20)25(34)35-26(2,3)4/h5-6,8,10,12,14-15,20H,1,11,13,16H2,2-4H3,(H2,27,28)/t20-/m0/s1. The molecule has 0 radical (unpaired) electrons. The van der Waals surface area contributed by atoms with Crippen LogP contribution < -0.4 is 5.73 Å². The molecule has 1 aliphatic rings. The van der Waals surface area contributed by atoms with Gasteiger partial charge in [0.2, 0.25) is 0 Å². The first-order valence-electron chi connectivity index (χ1n) is 11.5. The van der Waals surface area contributed by atoms with E-state index in [0.29, 0.717) is 30.0 Å². The van der Waals surface area contributed by atoms with Gasteiger partial charge in [0.1, 0.15) is 17.1 Å². The maximum Gasteiger partial charge on any atom is 0.410 e. The Balaban J connectivity index is 1.54. The summed E-state index contributed by atoms with van der Waals surface area (Å²) < 4.78 is 9.24. The zero-order valence-electron chi connectivity index (χ0n) is 20.0. The monoisotopic (exact) mass is 469 g/mol. The van der Waals surface area contributed by atoms with Gasteiger partial charge in [-0.1, -0.05) is 18.6 Å². The molecule has 1 amide bonds. The van der Waals surface area contributed by atoms with Gasteiger partial charge in [-0.2, -0.15) is 10.2 Å². The van der Waals surface area contributed by atoms with Crippen molar-refractivity contribution < 1.29 is 9.53 Å². The number of fused-ring (bicyclic) bond motifs is 2. The summed E-state index contributed by atoms with van der Waals surface area (Å²) >= 11 is 0. The summed E-state index contributed by atoms with van der Waals surface area (Å²) in [6.45, 7) is 10.6. The number of aromatic nitrogens is 5. The van der Waals surface area contributed by atoms with E-state index in [-0.39, 0.29) is 12.1 Å². The maximum atomic E-state index is 12.6. The number of pyridine rings is 2. The first-order valence-corrected chi connectivity index (χ1v) is 11.5. The first-order chi connectivity index (χ1) is 16.7. The maximum absolute atomic E-state index is 12.6. The number of nitrogens with zero attached hydrogens (tertiary/aromatic N) is 6. The van der Waals surface area contributed by atoms with Gasteiger partial charge in [-0.15, -0.1) is 0 Å². The van der Waals surface area contributed by atoms with Gasteiger partial charge in [0.15, 0.2) is 0 Å². The van der Waals surface area contributed by atoms with Gasteiger partial charge < -0.3 is 15.4 Å². The Labute approximate surface area is 203 Å². The number of nitrogens with two attached hydrogens (primary N) is 1. The molecule has 5 heterocycles. The molecule has 0 spiro atoms. The van der Waals surface area contributed by atoms with E-state index in [2.05, 4.69) is 28.5 Å². The van der Waals surface area contributed by atoms with Gasteiger partial charge in [-0.25, -0.2) is 14.3 Å². The van der Waals surface area contributed by atoms with Gasteiger partial charge in [0, 0.05) is 42.8 Å². The Morgan fingerprint density at radius 1 is 1.29 bits per heavy atom. The largest absolute Gasteiger partial charge is 0.444 e. The molecule has 4 aromatic heterocycles. The van der Waals surface area contributed by atoms with Crippen molar-refractivity contribution in [3.05, 3.63) is 60.2 Å². The zero-order chi connectivity index (χ0) is 24.7. The molecule has 5 rings (SSSR count). The number of anilines is 1. The molecular formula is C26H27N7O2. The van der Waals surface area contributed by atoms with Crippen LogP contribution in [0.25, 0.3) is 22.5 Å². The molecule has 9 heteroatoms. The van der Waals surface area contributed by atoms with E-state index in [0.717, 1.165) is 28.6 Å². The Kier molecular flexibility index (Phi) is 5.44. The summed E-state index contributed by atoms with van der Waals surface area (Å²) in [5.41, 5.74) is 9.70. The second kappa shape index (κ2) is 8.47. The van der Waals surface area contributed by atoms with Crippen LogP contribution in [0.3, 0.4) is 0 Å². The molecule has 4 aromatic rings. The fourth-order valence-corrected chi connectivity index (χ4v) is 4.27. The minimum Gasteiger partial charge on any atom is -0.444 e. The van der Waals surface area contributed by atoms with E-state index < -0.39 is 5.60 Å². The zero-order valence-corrected chi connectivity index (χ0v) is 20.0. The number of carbonyl (C=O) groups is 1. The van der Waals surface area contributed by atoms with Crippen molar-refractivity contribution in [3.63, 3.8) is 0 Å². The Morgan fingerprint density at radius 3 is 2.89 bits per heavy atom. The second-order valence-electron chi connectivity index (χ2n) is 9.56. The van der Waals surface area contributed by atoms with E-state index in [1.165, 1.54) is 0 Å². The summed E-state index contributed by atoms with van der Waals surface area (Å²) in [5, 5.41) is 9.80. The van der Waals surface area contributed by atoms with Crippen LogP contribution in [-0.4, -0.2) is 54.1 Å². The Bertz CT molecular complexity index is 1510. The predicted octanol–water partition coefficient (Wildman–Crippen LogP) is 3.89. The molecule has 9 nitrogen and oxygen atoms in total. The third-order valence-corrected chi connectivity index (χ3v) is 5.88. The predicted molar refractivity (Wildman–Crippen MR) is 135 cm³/mol. The number of likely N-dealkylation sites (tertiary alicyclic amines) is 1. The minimum atomic E-state index is -0.550. The van der Waals surface area contributed by atoms with Crippen molar-refractivity contribution in [2.45, 2.75) is 38.8 Å². The van der Waals surface area contributed by atoms with Crippen LogP contribution in [0.1, 0.15) is 50.1 Å². The van der Waals surface area contributed by atoms with Crippen LogP contribution in [0.15, 0.2) is 43.4 Å². The van der Waals surface area contributed by atoms with Crippen molar-refractivity contribution in [2.75, 3.05) is 18.8 Å². The van der Waals surface area contributed by atoms with Crippen LogP contribution in [0, 0.1) is 11.8 Å². The Morgan fingerprint density at radius 2 is 2.11 bits per heavy atom. The molecule has 1 fully saturated rings. The van der Waals surface area contributed by atoms with Crippen molar-refractivity contribution in [1.82, 2.24) is 29.3 Å². The van der Waals surface area contributed by atoms with E-state index >= 15 is 0 Å². The molecule has 178 valence electrons. The van der Waals surface area contributed by atoms with E-state index in [1.54, 1.807) is 27.9 Å². The van der Waals surface area contributed by atoms with Crippen LogP contribution in [-0.2, 0) is 4.74 Å². The number of amides is 1. The lowest BCUT2D eigenvalue weighted by atomic mass is 10.1. The summed E-state index contributed by atoms with van der Waals surface area (Å²) in [4.78, 5) is 18.7. The second-order valence-corrected chi connectivity index (χ2v) is 9.56.